The van der Waals surface area contributed by atoms with Gasteiger partial charge < -0.3 is 20.1 Å². The van der Waals surface area contributed by atoms with Crippen molar-refractivity contribution in [1.29, 1.82) is 0 Å². The number of nitrogens with two attached hydrogens (primary N) is 1. The van der Waals surface area contributed by atoms with Crippen LogP contribution in [0.15, 0.2) is 18.2 Å². The van der Waals surface area contributed by atoms with Gasteiger partial charge in [0.05, 0.1) is 18.8 Å². The van der Waals surface area contributed by atoms with Crippen LogP contribution in [0.4, 0.5) is 5.82 Å². The number of nitrogen functional groups attached to an aromatic ring is 1. The fraction of sp³-hybridized carbons (Fsp3) is 0.625. The summed E-state index contributed by atoms with van der Waals surface area (Å²) in [5.74, 6) is 1.14. The molecule has 22 heavy (non-hydrogen) atoms. The lowest BCUT2D eigenvalue weighted by atomic mass is 9.96. The highest BCUT2D eigenvalue weighted by Crippen LogP contribution is 2.24. The SMILES string of the molecule is Nc1cccc([C@H]2CN(C(=O)CC3CCOCC3)CCO2)n1. The number of hydrogen-bond acceptors (Lipinski definition) is 5. The molecule has 1 aromatic rings. The third-order valence-corrected chi connectivity index (χ3v) is 4.35. The van der Waals surface area contributed by atoms with E-state index >= 15 is 0 Å². The normalized spacial score (nSPS) is 23.5. The summed E-state index contributed by atoms with van der Waals surface area (Å²) in [4.78, 5) is 18.7. The summed E-state index contributed by atoms with van der Waals surface area (Å²) in [6.45, 7) is 3.30. The first-order valence-electron chi connectivity index (χ1n) is 7.92. The monoisotopic (exact) mass is 305 g/mol. The minimum Gasteiger partial charge on any atom is -0.384 e. The highest BCUT2D eigenvalue weighted by Gasteiger charge is 2.28. The van der Waals surface area contributed by atoms with Gasteiger partial charge in [-0.3, -0.25) is 4.79 Å². The number of carbonyl (C=O) groups is 1. The fourth-order valence-electron chi connectivity index (χ4n) is 3.03. The summed E-state index contributed by atoms with van der Waals surface area (Å²) in [6, 6.07) is 5.51. The predicted octanol–water partition coefficient (Wildman–Crippen LogP) is 1.38. The summed E-state index contributed by atoms with van der Waals surface area (Å²) in [7, 11) is 0. The molecular weight excluding hydrogens is 282 g/mol. The molecule has 1 amide bonds. The zero-order valence-electron chi connectivity index (χ0n) is 12.7. The third-order valence-electron chi connectivity index (χ3n) is 4.35. The van der Waals surface area contributed by atoms with Gasteiger partial charge in [0.1, 0.15) is 11.9 Å². The van der Waals surface area contributed by atoms with Crippen LogP contribution >= 0.6 is 0 Å². The van der Waals surface area contributed by atoms with E-state index in [0.29, 0.717) is 37.9 Å². The number of nitrogens with zero attached hydrogens (tertiary/aromatic N) is 2. The molecule has 0 aliphatic carbocycles. The standard InChI is InChI=1S/C16H23N3O3/c17-15-3-1-2-13(18-15)14-11-19(6-9-22-14)16(20)10-12-4-7-21-8-5-12/h1-3,12,14H,4-11H2,(H2,17,18)/t14-/m1/s1. The van der Waals surface area contributed by atoms with Gasteiger partial charge in [-0.05, 0) is 30.9 Å². The van der Waals surface area contributed by atoms with Gasteiger partial charge in [0, 0.05) is 26.2 Å². The van der Waals surface area contributed by atoms with Crippen LogP contribution in [0.25, 0.3) is 0 Å². The Balaban J connectivity index is 1.58. The van der Waals surface area contributed by atoms with Crippen molar-refractivity contribution < 1.29 is 14.3 Å². The van der Waals surface area contributed by atoms with Crippen molar-refractivity contribution in [3.05, 3.63) is 23.9 Å². The van der Waals surface area contributed by atoms with Gasteiger partial charge >= 0.3 is 0 Å². The summed E-state index contributed by atoms with van der Waals surface area (Å²) in [5.41, 5.74) is 6.52. The Morgan fingerprint density at radius 1 is 1.32 bits per heavy atom. The molecule has 2 saturated heterocycles. The Kier molecular flexibility index (Phi) is 4.90. The molecule has 0 radical (unpaired) electrons. The van der Waals surface area contributed by atoms with Gasteiger partial charge in [-0.25, -0.2) is 4.98 Å². The zero-order valence-corrected chi connectivity index (χ0v) is 12.7. The molecule has 1 aromatic heterocycles. The molecule has 2 N–H and O–H groups in total. The Labute approximate surface area is 130 Å². The van der Waals surface area contributed by atoms with Crippen molar-refractivity contribution in [2.24, 2.45) is 5.92 Å². The summed E-state index contributed by atoms with van der Waals surface area (Å²) < 4.78 is 11.1. The van der Waals surface area contributed by atoms with Gasteiger partial charge in [0.2, 0.25) is 5.91 Å². The second kappa shape index (κ2) is 7.07. The second-order valence-corrected chi connectivity index (χ2v) is 5.95. The lowest BCUT2D eigenvalue weighted by Crippen LogP contribution is -2.43. The van der Waals surface area contributed by atoms with Gasteiger partial charge in [-0.2, -0.15) is 0 Å². The maximum absolute atomic E-state index is 12.5. The second-order valence-electron chi connectivity index (χ2n) is 5.95. The molecule has 0 unspecified atom stereocenters. The van der Waals surface area contributed by atoms with E-state index in [1.165, 1.54) is 0 Å². The first-order valence-corrected chi connectivity index (χ1v) is 7.92. The maximum atomic E-state index is 12.5. The number of hydrogen-bond donors (Lipinski definition) is 1. The molecule has 0 bridgehead atoms. The van der Waals surface area contributed by atoms with Gasteiger partial charge in [-0.15, -0.1) is 0 Å². The van der Waals surface area contributed by atoms with Crippen molar-refractivity contribution in [3.63, 3.8) is 0 Å². The molecule has 120 valence electrons. The average Bonchev–Trinajstić information content (AvgIpc) is 2.56. The smallest absolute Gasteiger partial charge is 0.223 e. The van der Waals surface area contributed by atoms with Crippen LogP contribution in [0.3, 0.4) is 0 Å². The predicted molar refractivity (Wildman–Crippen MR) is 82.1 cm³/mol. The highest BCUT2D eigenvalue weighted by molar-refractivity contribution is 5.76. The largest absolute Gasteiger partial charge is 0.384 e. The number of morpholine rings is 1. The van der Waals surface area contributed by atoms with Crippen molar-refractivity contribution in [1.82, 2.24) is 9.88 Å². The van der Waals surface area contributed by atoms with E-state index in [4.69, 9.17) is 15.2 Å². The van der Waals surface area contributed by atoms with Crippen LogP contribution in [0.5, 0.6) is 0 Å². The molecule has 1 atom stereocenters. The number of aromatic nitrogens is 1. The van der Waals surface area contributed by atoms with Crippen molar-refractivity contribution >= 4 is 11.7 Å². The summed E-state index contributed by atoms with van der Waals surface area (Å²) in [5, 5.41) is 0. The molecular formula is C16H23N3O3. The number of pyridine rings is 1. The number of rotatable bonds is 3. The molecule has 2 aliphatic rings. The Bertz CT molecular complexity index is 517. The zero-order chi connectivity index (χ0) is 15.4. The third kappa shape index (κ3) is 3.75. The lowest BCUT2D eigenvalue weighted by Gasteiger charge is -2.34. The van der Waals surface area contributed by atoms with E-state index in [2.05, 4.69) is 4.98 Å². The first kappa shape index (κ1) is 15.2. The average molecular weight is 305 g/mol. The van der Waals surface area contributed by atoms with Gasteiger partial charge in [-0.1, -0.05) is 6.07 Å². The van der Waals surface area contributed by atoms with E-state index in [1.807, 2.05) is 17.0 Å². The molecule has 2 fully saturated rings. The minimum atomic E-state index is -0.184. The van der Waals surface area contributed by atoms with Crippen LogP contribution in [0, 0.1) is 5.92 Å². The van der Waals surface area contributed by atoms with Crippen LogP contribution in [-0.2, 0) is 14.3 Å². The summed E-state index contributed by atoms with van der Waals surface area (Å²) >= 11 is 0. The van der Waals surface area contributed by atoms with Crippen LogP contribution < -0.4 is 5.73 Å². The maximum Gasteiger partial charge on any atom is 0.223 e. The Morgan fingerprint density at radius 3 is 2.91 bits per heavy atom. The van der Waals surface area contributed by atoms with Crippen LogP contribution in [0.1, 0.15) is 31.1 Å². The number of ether oxygens (including phenoxy) is 2. The number of carbonyl (C=O) groups excluding carboxylic acids is 1. The number of anilines is 1. The quantitative estimate of drug-likeness (QED) is 0.913. The minimum absolute atomic E-state index is 0.184. The Hall–Kier alpha value is -1.66. The lowest BCUT2D eigenvalue weighted by molar-refractivity contribution is -0.140. The van der Waals surface area contributed by atoms with Crippen LogP contribution in [0.2, 0.25) is 0 Å². The molecule has 0 saturated carbocycles. The van der Waals surface area contributed by atoms with E-state index in [0.717, 1.165) is 31.7 Å². The Morgan fingerprint density at radius 2 is 2.14 bits per heavy atom. The number of amides is 1. The molecule has 2 aliphatic heterocycles. The van der Waals surface area contributed by atoms with E-state index in [9.17, 15) is 4.79 Å². The summed E-state index contributed by atoms with van der Waals surface area (Å²) in [6.07, 6.45) is 2.39. The molecule has 6 nitrogen and oxygen atoms in total. The fourth-order valence-corrected chi connectivity index (χ4v) is 3.03. The molecule has 0 aromatic carbocycles. The molecule has 6 heteroatoms. The van der Waals surface area contributed by atoms with E-state index in [1.54, 1.807) is 6.07 Å². The topological polar surface area (TPSA) is 77.7 Å². The molecule has 0 spiro atoms. The van der Waals surface area contributed by atoms with E-state index < -0.39 is 0 Å². The van der Waals surface area contributed by atoms with Crippen molar-refractivity contribution in [2.75, 3.05) is 38.6 Å². The molecule has 3 rings (SSSR count). The highest BCUT2D eigenvalue weighted by atomic mass is 16.5. The van der Waals surface area contributed by atoms with Gasteiger partial charge in [0.25, 0.3) is 0 Å². The first-order chi connectivity index (χ1) is 10.7. The van der Waals surface area contributed by atoms with Gasteiger partial charge in [0.15, 0.2) is 0 Å². The van der Waals surface area contributed by atoms with E-state index in [-0.39, 0.29) is 12.0 Å². The molecule has 3 heterocycles. The van der Waals surface area contributed by atoms with Crippen molar-refractivity contribution in [3.8, 4) is 0 Å². The van der Waals surface area contributed by atoms with Crippen molar-refractivity contribution in [2.45, 2.75) is 25.4 Å². The van der Waals surface area contributed by atoms with Crippen LogP contribution in [-0.4, -0.2) is 48.7 Å².